The fraction of sp³-hybridized carbons (Fsp3) is 1.00. The van der Waals surface area contributed by atoms with E-state index in [-0.39, 0.29) is 32.7 Å². The second-order valence-electron chi connectivity index (χ2n) is 7.06. The van der Waals surface area contributed by atoms with Gasteiger partial charge < -0.3 is 13.9 Å². The summed E-state index contributed by atoms with van der Waals surface area (Å²) in [5, 5.41) is 0. The van der Waals surface area contributed by atoms with Crippen LogP contribution in [0.4, 0.5) is 0 Å². The molecule has 0 N–H and O–H groups in total. The molecule has 0 bridgehead atoms. The molecule has 0 aliphatic rings. The molecule has 0 atom stereocenters. The van der Waals surface area contributed by atoms with E-state index in [9.17, 15) is 9.46 Å². The summed E-state index contributed by atoms with van der Waals surface area (Å²) in [6, 6.07) is 0. The smallest absolute Gasteiger partial charge is 0.267 e. The van der Waals surface area contributed by atoms with Gasteiger partial charge in [0.2, 0.25) is 0 Å². The zero-order valence-corrected chi connectivity index (χ0v) is 21.4. The second kappa shape index (κ2) is 22.0. The van der Waals surface area contributed by atoms with Gasteiger partial charge in [-0.05, 0) is 12.8 Å². The molecule has 0 radical (unpaired) electrons. The van der Waals surface area contributed by atoms with E-state index < -0.39 is 7.82 Å². The van der Waals surface area contributed by atoms with Crippen molar-refractivity contribution in [3.63, 3.8) is 0 Å². The Labute approximate surface area is 175 Å². The zero-order chi connectivity index (χ0) is 18.6. The van der Waals surface area contributed by atoms with Crippen molar-refractivity contribution in [3.05, 3.63) is 0 Å². The van der Waals surface area contributed by atoms with E-state index in [1.54, 1.807) is 0 Å². The van der Waals surface area contributed by atoms with Gasteiger partial charge in [-0.2, -0.15) is 0 Å². The fourth-order valence-electron chi connectivity index (χ4n) is 2.86. The Balaban J connectivity index is 0. The first-order valence-corrected chi connectivity index (χ1v) is 12.2. The van der Waals surface area contributed by atoms with E-state index >= 15 is 0 Å². The van der Waals surface area contributed by atoms with E-state index in [4.69, 9.17) is 9.05 Å². The molecule has 0 rings (SSSR count). The van der Waals surface area contributed by atoms with Gasteiger partial charge in [0, 0.05) is 19.5 Å². The summed E-state index contributed by atoms with van der Waals surface area (Å²) >= 11 is 0. The van der Waals surface area contributed by atoms with Crippen LogP contribution in [-0.4, -0.2) is 13.2 Å². The van der Waals surface area contributed by atoms with Gasteiger partial charge in [0.15, 0.2) is 0 Å². The van der Waals surface area contributed by atoms with Crippen LogP contribution in [0.5, 0.6) is 0 Å². The molecule has 0 aromatic carbocycles. The fourth-order valence-corrected chi connectivity index (χ4v) is 3.64. The van der Waals surface area contributed by atoms with Crippen LogP contribution in [0.15, 0.2) is 0 Å². The second-order valence-corrected chi connectivity index (χ2v) is 8.47. The van der Waals surface area contributed by atoms with Crippen LogP contribution in [0, 0.1) is 0 Å². The van der Waals surface area contributed by atoms with Crippen molar-refractivity contribution in [1.82, 2.24) is 0 Å². The maximum atomic E-state index is 11.6. The Bertz CT molecular complexity index is 290. The Hall–Kier alpha value is 0.733. The maximum Gasteiger partial charge on any atom is 0.267 e. The van der Waals surface area contributed by atoms with Crippen LogP contribution in [0.2, 0.25) is 0 Å². The molecular formula is C20H42O4PZn-. The minimum absolute atomic E-state index is 0. The SMILES string of the molecule is CCCCCCCCCCOP(=O)([O-])OCCCCCCCCCC.[Zn]. The van der Waals surface area contributed by atoms with E-state index in [1.165, 1.54) is 64.2 Å². The molecule has 0 amide bonds. The topological polar surface area (TPSA) is 58.6 Å². The average molecular weight is 443 g/mol. The molecule has 0 aromatic heterocycles. The molecule has 0 unspecified atom stereocenters. The average Bonchev–Trinajstić information content (AvgIpc) is 2.59. The van der Waals surface area contributed by atoms with Gasteiger partial charge in [0.1, 0.15) is 0 Å². The van der Waals surface area contributed by atoms with E-state index in [0.29, 0.717) is 0 Å². The van der Waals surface area contributed by atoms with Crippen LogP contribution in [0.3, 0.4) is 0 Å². The van der Waals surface area contributed by atoms with Crippen LogP contribution >= 0.6 is 7.82 Å². The molecule has 0 saturated carbocycles. The summed E-state index contributed by atoms with van der Waals surface area (Å²) in [5.41, 5.74) is 0. The summed E-state index contributed by atoms with van der Waals surface area (Å²) < 4.78 is 21.5. The van der Waals surface area contributed by atoms with Gasteiger partial charge in [-0.25, -0.2) is 0 Å². The first kappa shape index (κ1) is 28.9. The minimum atomic E-state index is -4.08. The molecule has 0 spiro atoms. The molecule has 0 heterocycles. The molecular weight excluding hydrogens is 401 g/mol. The summed E-state index contributed by atoms with van der Waals surface area (Å²) in [6.45, 7) is 4.95. The van der Waals surface area contributed by atoms with Gasteiger partial charge in [-0.15, -0.1) is 0 Å². The molecule has 4 nitrogen and oxygen atoms in total. The Morgan fingerprint density at radius 1 is 0.577 bits per heavy atom. The standard InChI is InChI=1S/C20H43O4P.Zn/c1-3-5-7-9-11-13-15-17-19-23-25(21,22)24-20-18-16-14-12-10-8-6-4-2;/h3-20H2,1-2H3,(H,21,22);/p-1. The molecule has 0 saturated heterocycles. The first-order valence-electron chi connectivity index (χ1n) is 10.7. The monoisotopic (exact) mass is 441 g/mol. The van der Waals surface area contributed by atoms with Gasteiger partial charge in [0.25, 0.3) is 7.82 Å². The van der Waals surface area contributed by atoms with Gasteiger partial charge in [0.05, 0.1) is 13.2 Å². The summed E-state index contributed by atoms with van der Waals surface area (Å²) in [7, 11) is -4.08. The molecule has 6 heteroatoms. The molecule has 0 aliphatic carbocycles. The number of unbranched alkanes of at least 4 members (excludes halogenated alkanes) is 14. The Morgan fingerprint density at radius 3 is 1.15 bits per heavy atom. The molecule has 26 heavy (non-hydrogen) atoms. The third kappa shape index (κ3) is 22.8. The summed E-state index contributed by atoms with van der Waals surface area (Å²) in [4.78, 5) is 11.6. The molecule has 154 valence electrons. The predicted molar refractivity (Wildman–Crippen MR) is 105 cm³/mol. The van der Waals surface area contributed by atoms with Crippen LogP contribution in [0.25, 0.3) is 0 Å². The summed E-state index contributed by atoms with van der Waals surface area (Å²) in [5.74, 6) is 0. The zero-order valence-electron chi connectivity index (χ0n) is 17.5. The van der Waals surface area contributed by atoms with Crippen molar-refractivity contribution >= 4 is 7.82 Å². The first-order chi connectivity index (χ1) is 12.1. The van der Waals surface area contributed by atoms with E-state index in [2.05, 4.69) is 13.8 Å². The molecule has 0 aromatic rings. The minimum Gasteiger partial charge on any atom is -0.756 e. The van der Waals surface area contributed by atoms with Gasteiger partial charge >= 0.3 is 0 Å². The quantitative estimate of drug-likeness (QED) is 0.119. The third-order valence-electron chi connectivity index (χ3n) is 4.49. The van der Waals surface area contributed by atoms with Crippen molar-refractivity contribution in [2.45, 2.75) is 117 Å². The van der Waals surface area contributed by atoms with E-state index in [0.717, 1.165) is 38.5 Å². The van der Waals surface area contributed by atoms with Crippen LogP contribution < -0.4 is 4.89 Å². The Kier molecular flexibility index (Phi) is 24.5. The van der Waals surface area contributed by atoms with Gasteiger partial charge in [-0.3, -0.25) is 4.57 Å². The van der Waals surface area contributed by atoms with Crippen LogP contribution in [0.1, 0.15) is 117 Å². The third-order valence-corrected chi connectivity index (χ3v) is 5.49. The number of phosphoric acid groups is 1. The largest absolute Gasteiger partial charge is 0.756 e. The number of hydrogen-bond donors (Lipinski definition) is 0. The maximum absolute atomic E-state index is 11.6. The normalized spacial score (nSPS) is 11.5. The van der Waals surface area contributed by atoms with Crippen molar-refractivity contribution in [3.8, 4) is 0 Å². The number of phosphoric ester groups is 1. The number of rotatable bonds is 20. The predicted octanol–water partition coefficient (Wildman–Crippen LogP) is 6.77. The van der Waals surface area contributed by atoms with Crippen molar-refractivity contribution < 1.29 is 38.0 Å². The van der Waals surface area contributed by atoms with Crippen molar-refractivity contribution in [2.24, 2.45) is 0 Å². The van der Waals surface area contributed by atoms with Crippen LogP contribution in [-0.2, 0) is 33.1 Å². The van der Waals surface area contributed by atoms with Crippen molar-refractivity contribution in [1.29, 1.82) is 0 Å². The van der Waals surface area contributed by atoms with Gasteiger partial charge in [-0.1, -0.05) is 104 Å². The van der Waals surface area contributed by atoms with E-state index in [1.807, 2.05) is 0 Å². The molecule has 0 aliphatic heterocycles. The van der Waals surface area contributed by atoms with Crippen molar-refractivity contribution in [2.75, 3.05) is 13.2 Å². The Morgan fingerprint density at radius 2 is 0.846 bits per heavy atom. The number of hydrogen-bond acceptors (Lipinski definition) is 4. The summed E-state index contributed by atoms with van der Waals surface area (Å²) in [6.07, 6.45) is 18.8. The molecule has 0 fully saturated rings.